The number of piperazine rings is 1. The molecule has 9 atom stereocenters. The van der Waals surface area contributed by atoms with Gasteiger partial charge in [0.15, 0.2) is 17.9 Å². The van der Waals surface area contributed by atoms with Crippen LogP contribution >= 0.6 is 0 Å². The number of ether oxygens (including phenoxy) is 4. The van der Waals surface area contributed by atoms with Gasteiger partial charge in [-0.1, -0.05) is 18.2 Å². The molecule has 9 N–H and O–H groups in total. The first kappa shape index (κ1) is 52.2. The lowest BCUT2D eigenvalue weighted by Gasteiger charge is -2.43. The number of phenols is 2. The predicted molar refractivity (Wildman–Crippen MR) is 249 cm³/mol. The third-order valence-electron chi connectivity index (χ3n) is 14.0. The van der Waals surface area contributed by atoms with Gasteiger partial charge in [-0.05, 0) is 38.8 Å². The van der Waals surface area contributed by atoms with E-state index in [0.29, 0.717) is 18.5 Å². The van der Waals surface area contributed by atoms with Crippen LogP contribution in [0.4, 0.5) is 4.79 Å². The zero-order valence-electron chi connectivity index (χ0n) is 40.1. The zero-order chi connectivity index (χ0) is 52.5. The number of methoxy groups -OCH3 is 1. The third kappa shape index (κ3) is 10.3. The fourth-order valence-corrected chi connectivity index (χ4v) is 10.1. The number of rotatable bonds is 14. The number of benzene rings is 2. The number of aliphatic hydroxyl groups excluding tert-OH is 2. The Morgan fingerprint density at radius 3 is 2.48 bits per heavy atom. The molecule has 0 saturated carbocycles. The Morgan fingerprint density at radius 2 is 1.75 bits per heavy atom. The number of nitrogens with one attached hydrogen (secondary N) is 4. The first-order valence-corrected chi connectivity index (χ1v) is 23.8. The van der Waals surface area contributed by atoms with Crippen LogP contribution in [-0.2, 0) is 51.2 Å². The van der Waals surface area contributed by atoms with Crippen molar-refractivity contribution in [3.63, 3.8) is 0 Å². The van der Waals surface area contributed by atoms with Crippen molar-refractivity contribution < 1.29 is 82.8 Å². The van der Waals surface area contributed by atoms with E-state index in [1.165, 1.54) is 49.0 Å². The quantitative estimate of drug-likeness (QED) is 0.0668. The van der Waals surface area contributed by atoms with Gasteiger partial charge in [0, 0.05) is 80.1 Å². The van der Waals surface area contributed by atoms with Gasteiger partial charge in [-0.15, -0.1) is 0 Å². The van der Waals surface area contributed by atoms with E-state index in [2.05, 4.69) is 26.3 Å². The lowest BCUT2D eigenvalue weighted by atomic mass is 9.72. The Morgan fingerprint density at radius 1 is 0.986 bits per heavy atom. The summed E-state index contributed by atoms with van der Waals surface area (Å²) in [6, 6.07) is 3.40. The minimum Gasteiger partial charge on any atom is -0.507 e. The maximum Gasteiger partial charge on any atom is 0.410 e. The van der Waals surface area contributed by atoms with Crippen molar-refractivity contribution in [2.45, 2.75) is 107 Å². The Bertz CT molecular complexity index is 2710. The molecular weight excluding hydrogens is 959 g/mol. The summed E-state index contributed by atoms with van der Waals surface area (Å²) in [7, 11) is 1.28. The first-order chi connectivity index (χ1) is 34.9. The number of Topliss-reactive ketones (excluding diaryl/α,β-unsaturated/α-hetero) is 1. The molecule has 5 aliphatic rings. The van der Waals surface area contributed by atoms with Gasteiger partial charge in [-0.3, -0.25) is 43.4 Å². The van der Waals surface area contributed by atoms with Crippen LogP contribution in [-0.4, -0.2) is 182 Å². The van der Waals surface area contributed by atoms with Crippen LogP contribution < -0.4 is 26.0 Å². The summed E-state index contributed by atoms with van der Waals surface area (Å²) >= 11 is 0. The number of likely N-dealkylation sites (tertiary alicyclic amines) is 1. The molecule has 0 bridgehead atoms. The predicted octanol–water partition coefficient (Wildman–Crippen LogP) is -1.22. The minimum atomic E-state index is -2.42. The lowest BCUT2D eigenvalue weighted by molar-refractivity contribution is -0.249. The molecule has 2 aliphatic carbocycles. The fourth-order valence-electron chi connectivity index (χ4n) is 10.1. The molecule has 0 radical (unpaired) electrons. The second-order valence-electron chi connectivity index (χ2n) is 18.6. The molecule has 390 valence electrons. The first-order valence-electron chi connectivity index (χ1n) is 23.8. The number of pyridine rings is 1. The van der Waals surface area contributed by atoms with Gasteiger partial charge in [0.1, 0.15) is 60.3 Å². The Kier molecular flexibility index (Phi) is 15.4. The largest absolute Gasteiger partial charge is 0.507 e. The van der Waals surface area contributed by atoms with Gasteiger partial charge in [0.05, 0.1) is 48.6 Å². The van der Waals surface area contributed by atoms with Crippen molar-refractivity contribution in [1.82, 2.24) is 36.1 Å². The van der Waals surface area contributed by atoms with Crippen LogP contribution in [0.15, 0.2) is 42.7 Å². The zero-order valence-corrected chi connectivity index (χ0v) is 40.1. The molecule has 3 saturated heterocycles. The van der Waals surface area contributed by atoms with Gasteiger partial charge < -0.3 is 70.6 Å². The third-order valence-corrected chi connectivity index (χ3v) is 14.0. The normalized spacial score (nSPS) is 25.9. The molecule has 3 aliphatic heterocycles. The molecule has 4 heterocycles. The smallest absolute Gasteiger partial charge is 0.410 e. The number of ketones is 3. The van der Waals surface area contributed by atoms with E-state index < -0.39 is 150 Å². The summed E-state index contributed by atoms with van der Waals surface area (Å²) in [5.74, 6) is -6.96. The van der Waals surface area contributed by atoms with Crippen molar-refractivity contribution in [2.75, 3.05) is 46.4 Å². The molecule has 2 aromatic carbocycles. The van der Waals surface area contributed by atoms with E-state index >= 15 is 0 Å². The topological polar surface area (TPSA) is 342 Å². The second-order valence-corrected chi connectivity index (χ2v) is 18.6. The van der Waals surface area contributed by atoms with Crippen LogP contribution in [0.3, 0.4) is 0 Å². The second kappa shape index (κ2) is 21.6. The van der Waals surface area contributed by atoms with Crippen molar-refractivity contribution >= 4 is 47.1 Å². The van der Waals surface area contributed by atoms with Crippen LogP contribution in [0.25, 0.3) is 0 Å². The SMILES string of the molecule is COc1cccc2c1C(=O)c1c(O)c3c(c(O)c1C2=O)C[C@@](O)(C(=O)CO)C[C@H]3O[C@@H]1C[C@H](NC(=O)[C@@H]2CCCN2C(=O)CNC(=O)[C@H](C)NC(=O)[C@@H]2CNCCN2C(=O)OCc2cccnc2)[C@H](O)[C@H](C)O1. The monoisotopic (exact) mass is 1020 g/mol. The number of amides is 5. The summed E-state index contributed by atoms with van der Waals surface area (Å²) in [5.41, 5.74) is -3.76. The molecule has 24 heteroatoms. The lowest BCUT2D eigenvalue weighted by Crippen LogP contribution is -2.61. The fraction of sp³-hybridized carbons (Fsp3) is 0.490. The van der Waals surface area contributed by atoms with Gasteiger partial charge in [0.2, 0.25) is 29.4 Å². The molecule has 1 aromatic heterocycles. The number of fused-ring (bicyclic) bond motifs is 3. The molecule has 3 aromatic rings. The summed E-state index contributed by atoms with van der Waals surface area (Å²) in [5, 5.41) is 67.3. The number of aromatic nitrogens is 1. The minimum absolute atomic E-state index is 0.0241. The summed E-state index contributed by atoms with van der Waals surface area (Å²) < 4.78 is 23.0. The Labute approximate surface area is 417 Å². The van der Waals surface area contributed by atoms with Gasteiger partial charge in [-0.25, -0.2) is 4.79 Å². The molecule has 0 unspecified atom stereocenters. The summed E-state index contributed by atoms with van der Waals surface area (Å²) in [6.07, 6.45) is -3.87. The van der Waals surface area contributed by atoms with Crippen LogP contribution in [0.5, 0.6) is 17.2 Å². The maximum atomic E-state index is 14.1. The Balaban J connectivity index is 0.911. The molecule has 24 nitrogen and oxygen atoms in total. The van der Waals surface area contributed by atoms with Crippen molar-refractivity contribution in [2.24, 2.45) is 0 Å². The van der Waals surface area contributed by atoms with Crippen molar-refractivity contribution in [3.8, 4) is 17.2 Å². The van der Waals surface area contributed by atoms with Gasteiger partial charge in [-0.2, -0.15) is 0 Å². The molecule has 73 heavy (non-hydrogen) atoms. The average Bonchev–Trinajstić information content (AvgIpc) is 3.89. The van der Waals surface area contributed by atoms with Crippen molar-refractivity contribution in [1.29, 1.82) is 0 Å². The highest BCUT2D eigenvalue weighted by atomic mass is 16.7. The Hall–Kier alpha value is -7.09. The molecule has 3 fully saturated rings. The number of aromatic hydroxyl groups is 2. The molecule has 0 spiro atoms. The van der Waals surface area contributed by atoms with E-state index in [1.807, 2.05) is 0 Å². The number of hydrogen-bond acceptors (Lipinski definition) is 19. The van der Waals surface area contributed by atoms with Crippen LogP contribution in [0.2, 0.25) is 0 Å². The van der Waals surface area contributed by atoms with Crippen LogP contribution in [0, 0.1) is 0 Å². The maximum absolute atomic E-state index is 14.1. The summed E-state index contributed by atoms with van der Waals surface area (Å²) in [6.45, 7) is 1.99. The van der Waals surface area contributed by atoms with Crippen LogP contribution in [0.1, 0.15) is 94.2 Å². The highest BCUT2D eigenvalue weighted by molar-refractivity contribution is 6.31. The van der Waals surface area contributed by atoms with E-state index in [1.54, 1.807) is 24.5 Å². The number of hydrogen-bond donors (Lipinski definition) is 9. The number of carbonyl (C=O) groups excluding carboxylic acids is 8. The van der Waals surface area contributed by atoms with E-state index in [9.17, 15) is 63.9 Å². The summed E-state index contributed by atoms with van der Waals surface area (Å²) in [4.78, 5) is 115. The number of nitrogens with zero attached hydrogens (tertiary/aromatic N) is 3. The molecular formula is C49H57N7O17. The van der Waals surface area contributed by atoms with Gasteiger partial charge in [0.25, 0.3) is 0 Å². The average molecular weight is 1020 g/mol. The highest BCUT2D eigenvalue weighted by Crippen LogP contribution is 2.52. The number of carbonyl (C=O) groups is 8. The highest BCUT2D eigenvalue weighted by Gasteiger charge is 2.51. The van der Waals surface area contributed by atoms with Crippen molar-refractivity contribution in [3.05, 3.63) is 81.7 Å². The standard InChI is InChI=1S/C49H57N7O17/c1-23(53-47(67)30-19-51-12-14-56(30)48(68)71-22-25-7-5-11-50-18-25)45(65)52-20-34(59)55-13-6-9-29(55)46(66)54-28-15-35(72-24(2)40(28)60)73-32-17-49(69,33(58)21-57)16-27-37(32)44(64)39-38(42(27)62)41(61)26-8-4-10-31(70-3)36(26)43(39)63/h4-5,7-8,10-11,18,23-24,28-30,32,35,40,51,57,60,62,64,69H,6,9,12-17,19-22H2,1-3H3,(H,52,65)(H,53,67)(H,54,66)/t23-,24-,28-,29-,30-,32+,35+,40+,49-/m0/s1. The van der Waals surface area contributed by atoms with E-state index in [-0.39, 0.29) is 67.1 Å². The molecule has 5 amide bonds. The van der Waals surface area contributed by atoms with Gasteiger partial charge >= 0.3 is 6.09 Å². The molecule has 8 rings (SSSR count). The van der Waals surface area contributed by atoms with E-state index in [0.717, 1.165) is 0 Å². The van der Waals surface area contributed by atoms with E-state index in [4.69, 9.17) is 18.9 Å². The number of phenolic OH excluding ortho intramolecular Hbond substituents is 2. The number of aliphatic hydroxyl groups is 3.